The van der Waals surface area contributed by atoms with Crippen LogP contribution in [0.4, 0.5) is 0 Å². The Morgan fingerprint density at radius 3 is 0.590 bits per heavy atom. The molecule has 2 saturated heterocycles. The summed E-state index contributed by atoms with van der Waals surface area (Å²) in [6.07, 6.45) is 0. The third-order valence-electron chi connectivity index (χ3n) is 15.8. The van der Waals surface area contributed by atoms with E-state index in [0.717, 1.165) is 77.7 Å². The zero-order valence-electron chi connectivity index (χ0n) is 45.1. The molecule has 0 atom stereocenters. The Morgan fingerprint density at radius 2 is 0.385 bits per heavy atom. The second-order valence-electron chi connectivity index (χ2n) is 22.1. The summed E-state index contributed by atoms with van der Waals surface area (Å²) < 4.78 is 25.2. The summed E-state index contributed by atoms with van der Waals surface area (Å²) in [5, 5.41) is 0. The average Bonchev–Trinajstić information content (AvgIpc) is 3.90. The molecule has 78 heavy (non-hydrogen) atoms. The molecule has 0 spiro atoms. The summed E-state index contributed by atoms with van der Waals surface area (Å²) in [6.45, 7) is 16.6. The molecule has 2 fully saturated rings. The lowest BCUT2D eigenvalue weighted by atomic mass is 9.78. The topological polar surface area (TPSA) is 114 Å². The Bertz CT molecular complexity index is 3480. The molecule has 0 bridgehead atoms. The van der Waals surface area contributed by atoms with Crippen molar-refractivity contribution in [2.24, 2.45) is 0 Å². The van der Waals surface area contributed by atoms with Gasteiger partial charge in [0.15, 0.2) is 34.9 Å². The van der Waals surface area contributed by atoms with Gasteiger partial charge in [0.1, 0.15) is 0 Å². The fraction of sp³-hybridized carbons (Fsp3) is 0.182. The highest BCUT2D eigenvalue weighted by Gasteiger charge is 2.52. The van der Waals surface area contributed by atoms with Gasteiger partial charge in [0, 0.05) is 33.4 Å². The van der Waals surface area contributed by atoms with Crippen molar-refractivity contribution in [3.8, 4) is 102 Å². The molecule has 0 saturated carbocycles. The molecule has 12 rings (SSSR count). The van der Waals surface area contributed by atoms with Crippen LogP contribution in [-0.4, -0.2) is 66.5 Å². The van der Waals surface area contributed by atoms with Crippen LogP contribution in [0.2, 0.25) is 0 Å². The van der Waals surface area contributed by atoms with E-state index in [1.807, 2.05) is 60.7 Å². The number of rotatable bonds is 11. The summed E-state index contributed by atoms with van der Waals surface area (Å²) >= 11 is 0. The maximum Gasteiger partial charge on any atom is 0.494 e. The molecule has 0 aliphatic carbocycles. The van der Waals surface area contributed by atoms with Crippen LogP contribution in [0.15, 0.2) is 206 Å². The van der Waals surface area contributed by atoms with Crippen molar-refractivity contribution >= 4 is 25.2 Å². The van der Waals surface area contributed by atoms with Crippen molar-refractivity contribution in [3.63, 3.8) is 0 Å². The minimum atomic E-state index is -0.409. The monoisotopic (exact) mass is 1020 g/mol. The van der Waals surface area contributed by atoms with Gasteiger partial charge in [0.25, 0.3) is 0 Å². The Labute approximate surface area is 457 Å². The smallest absolute Gasteiger partial charge is 0.399 e. The molecule has 0 unspecified atom stereocenters. The van der Waals surface area contributed by atoms with Crippen LogP contribution in [0.25, 0.3) is 102 Å². The van der Waals surface area contributed by atoms with Crippen molar-refractivity contribution in [2.75, 3.05) is 0 Å². The molecule has 382 valence electrons. The molecular weight excluding hydrogens is 962 g/mol. The highest BCUT2D eigenvalue weighted by atomic mass is 16.7. The van der Waals surface area contributed by atoms with Crippen LogP contribution in [0.5, 0.6) is 0 Å². The molecule has 12 heteroatoms. The molecule has 0 N–H and O–H groups in total. The Morgan fingerprint density at radius 1 is 0.218 bits per heavy atom. The lowest BCUT2D eigenvalue weighted by Crippen LogP contribution is -2.41. The minimum Gasteiger partial charge on any atom is -0.399 e. The number of hydrogen-bond donors (Lipinski definition) is 0. The number of benzene rings is 8. The van der Waals surface area contributed by atoms with Gasteiger partial charge < -0.3 is 18.6 Å². The molecular formula is C66H58B2N6O4. The fourth-order valence-corrected chi connectivity index (χ4v) is 9.57. The molecule has 4 heterocycles. The molecule has 2 aliphatic heterocycles. The standard InChI is InChI=1S/C66H58B2N6O4/c1-63(2)64(3,4)76-67(75-63)55-39-35-47(36-40-55)45-23-31-53(32-24-45)61-71-57(49-15-11-9-12-16-49)69-59(73-61)51-27-19-43(20-28-51)44-21-29-52(30-22-44)60-70-58(50-17-13-10-14-18-50)72-62(74-60)54-33-25-46(26-34-54)48-37-41-56(42-38-48)68-77-65(5,6)66(7,8)78-68/h9-42H,1-8H3. The van der Waals surface area contributed by atoms with Crippen molar-refractivity contribution in [1.82, 2.24) is 29.9 Å². The minimum absolute atomic E-state index is 0.398. The van der Waals surface area contributed by atoms with Gasteiger partial charge >= 0.3 is 14.2 Å². The lowest BCUT2D eigenvalue weighted by molar-refractivity contribution is 0.00578. The zero-order valence-corrected chi connectivity index (χ0v) is 45.1. The Kier molecular flexibility index (Phi) is 12.9. The van der Waals surface area contributed by atoms with Crippen LogP contribution in [0, 0.1) is 0 Å². The SMILES string of the molecule is CC1(C)OB(c2ccc(-c3ccc(-c4nc(-c5ccccc5)nc(-c5ccc(-c6ccc(-c7nc(-c8ccccc8)nc(-c8ccc(-c9ccc(B%10OC(C)(C)C(C)(C)O%10)cc9)cc8)n7)cc6)cc5)n4)cc3)cc2)OC1(C)C. The molecule has 10 aromatic rings. The van der Waals surface area contributed by atoms with E-state index in [1.165, 1.54) is 0 Å². The predicted molar refractivity (Wildman–Crippen MR) is 314 cm³/mol. The van der Waals surface area contributed by atoms with Gasteiger partial charge in [-0.25, -0.2) is 29.9 Å². The molecule has 0 radical (unpaired) electrons. The van der Waals surface area contributed by atoms with Gasteiger partial charge in [-0.2, -0.15) is 0 Å². The quantitative estimate of drug-likeness (QED) is 0.116. The zero-order chi connectivity index (χ0) is 53.8. The second kappa shape index (κ2) is 20.0. The van der Waals surface area contributed by atoms with E-state index in [0.29, 0.717) is 34.9 Å². The first-order valence-corrected chi connectivity index (χ1v) is 26.5. The fourth-order valence-electron chi connectivity index (χ4n) is 9.57. The predicted octanol–water partition coefficient (Wildman–Crippen LogP) is 13.7. The first kappa shape index (κ1) is 50.6. The number of nitrogens with zero attached hydrogens (tertiary/aromatic N) is 6. The van der Waals surface area contributed by atoms with E-state index in [2.05, 4.69) is 201 Å². The van der Waals surface area contributed by atoms with E-state index in [4.69, 9.17) is 48.5 Å². The largest absolute Gasteiger partial charge is 0.494 e. The van der Waals surface area contributed by atoms with Gasteiger partial charge in [0.2, 0.25) is 0 Å². The molecule has 2 aliphatic rings. The van der Waals surface area contributed by atoms with E-state index >= 15 is 0 Å². The lowest BCUT2D eigenvalue weighted by Gasteiger charge is -2.32. The summed E-state index contributed by atoms with van der Waals surface area (Å²) in [5.41, 5.74) is 12.2. The van der Waals surface area contributed by atoms with Crippen LogP contribution >= 0.6 is 0 Å². The van der Waals surface area contributed by atoms with Crippen molar-refractivity contribution in [1.29, 1.82) is 0 Å². The second-order valence-corrected chi connectivity index (χ2v) is 22.1. The maximum absolute atomic E-state index is 6.29. The third kappa shape index (κ3) is 10.00. The van der Waals surface area contributed by atoms with Crippen molar-refractivity contribution in [3.05, 3.63) is 206 Å². The van der Waals surface area contributed by atoms with E-state index in [1.54, 1.807) is 0 Å². The molecule has 10 nitrogen and oxygen atoms in total. The van der Waals surface area contributed by atoms with Gasteiger partial charge in [-0.05, 0) is 99.7 Å². The number of aromatic nitrogens is 6. The normalized spacial score (nSPS) is 16.1. The van der Waals surface area contributed by atoms with E-state index in [-0.39, 0.29) is 0 Å². The van der Waals surface area contributed by atoms with Gasteiger partial charge in [-0.15, -0.1) is 0 Å². The van der Waals surface area contributed by atoms with Crippen LogP contribution in [0.3, 0.4) is 0 Å². The summed E-state index contributed by atoms with van der Waals surface area (Å²) in [7, 11) is -0.817. The van der Waals surface area contributed by atoms with Crippen LogP contribution in [-0.2, 0) is 18.6 Å². The van der Waals surface area contributed by atoms with Crippen molar-refractivity contribution < 1.29 is 18.6 Å². The third-order valence-corrected chi connectivity index (χ3v) is 15.8. The maximum atomic E-state index is 6.29. The Balaban J connectivity index is 0.780. The van der Waals surface area contributed by atoms with Gasteiger partial charge in [-0.1, -0.05) is 206 Å². The van der Waals surface area contributed by atoms with Crippen LogP contribution < -0.4 is 10.9 Å². The van der Waals surface area contributed by atoms with Gasteiger partial charge in [-0.3, -0.25) is 0 Å². The molecule has 0 amide bonds. The molecule has 8 aromatic carbocycles. The van der Waals surface area contributed by atoms with E-state index < -0.39 is 36.6 Å². The highest BCUT2D eigenvalue weighted by molar-refractivity contribution is 6.62. The number of hydrogen-bond acceptors (Lipinski definition) is 10. The summed E-state index contributed by atoms with van der Waals surface area (Å²) in [4.78, 5) is 30.1. The average molecular weight is 1020 g/mol. The van der Waals surface area contributed by atoms with Gasteiger partial charge in [0.05, 0.1) is 22.4 Å². The first-order chi connectivity index (χ1) is 37.5. The Hall–Kier alpha value is -8.25. The van der Waals surface area contributed by atoms with E-state index in [9.17, 15) is 0 Å². The van der Waals surface area contributed by atoms with Crippen LogP contribution in [0.1, 0.15) is 55.4 Å². The summed E-state index contributed by atoms with van der Waals surface area (Å²) in [6, 6.07) is 70.3. The molecule has 2 aromatic heterocycles. The highest BCUT2D eigenvalue weighted by Crippen LogP contribution is 2.39. The first-order valence-electron chi connectivity index (χ1n) is 26.5. The summed E-state index contributed by atoms with van der Waals surface area (Å²) in [5.74, 6) is 3.57. The van der Waals surface area contributed by atoms with Crippen molar-refractivity contribution in [2.45, 2.75) is 77.8 Å².